The molecule has 0 amide bonds. The zero-order valence-electron chi connectivity index (χ0n) is 11.4. The molecule has 0 fully saturated rings. The van der Waals surface area contributed by atoms with Gasteiger partial charge in [0.1, 0.15) is 11.5 Å². The predicted molar refractivity (Wildman–Crippen MR) is 78.6 cm³/mol. The van der Waals surface area contributed by atoms with Crippen LogP contribution in [0.3, 0.4) is 0 Å². The molecule has 4 heteroatoms. The highest BCUT2D eigenvalue weighted by Gasteiger charge is 2.06. The summed E-state index contributed by atoms with van der Waals surface area (Å²) in [6, 6.07) is 5.76. The summed E-state index contributed by atoms with van der Waals surface area (Å²) in [5, 5.41) is 13.2. The molecule has 0 saturated carbocycles. The Morgan fingerprint density at radius 1 is 1.44 bits per heavy atom. The highest BCUT2D eigenvalue weighted by atomic mass is 32.2. The molecule has 2 N–H and O–H groups in total. The molecule has 1 unspecified atom stereocenters. The molecule has 0 aliphatic rings. The van der Waals surface area contributed by atoms with Crippen molar-refractivity contribution in [1.82, 2.24) is 5.32 Å². The molecule has 0 bridgehead atoms. The Kier molecular flexibility index (Phi) is 6.98. The Bertz CT molecular complexity index is 358. The summed E-state index contributed by atoms with van der Waals surface area (Å²) in [5.41, 5.74) is 0.879. The zero-order chi connectivity index (χ0) is 13.4. The van der Waals surface area contributed by atoms with E-state index in [-0.39, 0.29) is 0 Å². The monoisotopic (exact) mass is 269 g/mol. The predicted octanol–water partition coefficient (Wildman–Crippen LogP) is 3.02. The first-order valence-corrected chi connectivity index (χ1v) is 7.49. The van der Waals surface area contributed by atoms with Gasteiger partial charge in [-0.05, 0) is 43.0 Å². The summed E-state index contributed by atoms with van der Waals surface area (Å²) in [7, 11) is 1.63. The summed E-state index contributed by atoms with van der Waals surface area (Å²) in [6.07, 6.45) is 1.14. The average molecular weight is 269 g/mol. The van der Waals surface area contributed by atoms with Crippen LogP contribution in [0.4, 0.5) is 0 Å². The van der Waals surface area contributed by atoms with Crippen molar-refractivity contribution in [2.75, 3.05) is 18.6 Å². The van der Waals surface area contributed by atoms with Crippen molar-refractivity contribution in [2.45, 2.75) is 32.9 Å². The second-order valence-corrected chi connectivity index (χ2v) is 5.66. The van der Waals surface area contributed by atoms with Gasteiger partial charge in [-0.2, -0.15) is 11.8 Å². The molecular formula is C14H23NO2S. The minimum Gasteiger partial charge on any atom is -0.508 e. The standard InChI is InChI=1S/C14H23NO2S/c1-4-18-8-7-11(2)15-10-12-9-13(17-3)5-6-14(12)16/h5-6,9,11,15-16H,4,7-8,10H2,1-3H3. The van der Waals surface area contributed by atoms with Gasteiger partial charge >= 0.3 is 0 Å². The van der Waals surface area contributed by atoms with Crippen LogP contribution in [-0.4, -0.2) is 29.8 Å². The number of benzene rings is 1. The summed E-state index contributed by atoms with van der Waals surface area (Å²) < 4.78 is 5.15. The van der Waals surface area contributed by atoms with Crippen LogP contribution < -0.4 is 10.1 Å². The molecule has 1 aromatic carbocycles. The fourth-order valence-corrected chi connectivity index (χ4v) is 2.43. The first kappa shape index (κ1) is 15.2. The van der Waals surface area contributed by atoms with Crippen LogP contribution in [0.25, 0.3) is 0 Å². The summed E-state index contributed by atoms with van der Waals surface area (Å²) in [6.45, 7) is 5.02. The summed E-state index contributed by atoms with van der Waals surface area (Å²) in [5.74, 6) is 3.44. The molecule has 0 saturated heterocycles. The van der Waals surface area contributed by atoms with E-state index in [0.717, 1.165) is 17.7 Å². The van der Waals surface area contributed by atoms with Gasteiger partial charge in [-0.1, -0.05) is 6.92 Å². The molecule has 1 rings (SSSR count). The number of rotatable bonds is 8. The maximum atomic E-state index is 9.76. The minimum atomic E-state index is 0.318. The molecule has 0 aliphatic heterocycles. The van der Waals surface area contributed by atoms with E-state index in [4.69, 9.17) is 4.74 Å². The lowest BCUT2D eigenvalue weighted by atomic mass is 10.1. The van der Waals surface area contributed by atoms with Gasteiger partial charge in [-0.25, -0.2) is 0 Å². The van der Waals surface area contributed by atoms with E-state index in [1.807, 2.05) is 17.8 Å². The largest absolute Gasteiger partial charge is 0.508 e. The van der Waals surface area contributed by atoms with E-state index in [2.05, 4.69) is 19.2 Å². The number of methoxy groups -OCH3 is 1. The van der Waals surface area contributed by atoms with Crippen LogP contribution in [0.1, 0.15) is 25.8 Å². The first-order valence-electron chi connectivity index (χ1n) is 6.34. The third kappa shape index (κ3) is 5.19. The van der Waals surface area contributed by atoms with Gasteiger partial charge in [-0.15, -0.1) is 0 Å². The Labute approximate surface area is 114 Å². The topological polar surface area (TPSA) is 41.5 Å². The highest BCUT2D eigenvalue weighted by Crippen LogP contribution is 2.22. The van der Waals surface area contributed by atoms with Crippen LogP contribution in [0.5, 0.6) is 11.5 Å². The molecule has 1 aromatic rings. The average Bonchev–Trinajstić information content (AvgIpc) is 2.38. The highest BCUT2D eigenvalue weighted by molar-refractivity contribution is 7.99. The quantitative estimate of drug-likeness (QED) is 0.712. The van der Waals surface area contributed by atoms with Gasteiger partial charge in [0.15, 0.2) is 0 Å². The number of aromatic hydroxyl groups is 1. The maximum absolute atomic E-state index is 9.76. The number of hydrogen-bond donors (Lipinski definition) is 2. The van der Waals surface area contributed by atoms with Gasteiger partial charge in [0.05, 0.1) is 7.11 Å². The lowest BCUT2D eigenvalue weighted by molar-refractivity contribution is 0.409. The van der Waals surface area contributed by atoms with Crippen LogP contribution in [0, 0.1) is 0 Å². The smallest absolute Gasteiger partial charge is 0.120 e. The van der Waals surface area contributed by atoms with E-state index < -0.39 is 0 Å². The molecule has 18 heavy (non-hydrogen) atoms. The Balaban J connectivity index is 2.42. The number of phenolic OH excluding ortho intramolecular Hbond substituents is 1. The lowest BCUT2D eigenvalue weighted by Crippen LogP contribution is -2.26. The number of thioether (sulfide) groups is 1. The fourth-order valence-electron chi connectivity index (χ4n) is 1.62. The Morgan fingerprint density at radius 2 is 2.22 bits per heavy atom. The normalized spacial score (nSPS) is 12.4. The van der Waals surface area contributed by atoms with Crippen LogP contribution in [-0.2, 0) is 6.54 Å². The van der Waals surface area contributed by atoms with Crippen molar-refractivity contribution in [3.63, 3.8) is 0 Å². The molecule has 0 aromatic heterocycles. The molecule has 3 nitrogen and oxygen atoms in total. The van der Waals surface area contributed by atoms with E-state index in [1.165, 1.54) is 11.5 Å². The maximum Gasteiger partial charge on any atom is 0.120 e. The third-order valence-electron chi connectivity index (χ3n) is 2.83. The third-order valence-corrected chi connectivity index (χ3v) is 3.76. The van der Waals surface area contributed by atoms with E-state index >= 15 is 0 Å². The minimum absolute atomic E-state index is 0.318. The van der Waals surface area contributed by atoms with Crippen molar-refractivity contribution < 1.29 is 9.84 Å². The summed E-state index contributed by atoms with van der Waals surface area (Å²) >= 11 is 1.96. The number of nitrogens with one attached hydrogen (secondary N) is 1. The summed E-state index contributed by atoms with van der Waals surface area (Å²) in [4.78, 5) is 0. The van der Waals surface area contributed by atoms with Crippen molar-refractivity contribution in [2.24, 2.45) is 0 Å². The SMILES string of the molecule is CCSCCC(C)NCc1cc(OC)ccc1O. The van der Waals surface area contributed by atoms with E-state index in [0.29, 0.717) is 18.3 Å². The molecule has 0 aliphatic carbocycles. The van der Waals surface area contributed by atoms with Crippen LogP contribution in [0.15, 0.2) is 18.2 Å². The van der Waals surface area contributed by atoms with Gasteiger partial charge in [0.25, 0.3) is 0 Å². The molecule has 0 radical (unpaired) electrons. The van der Waals surface area contributed by atoms with Crippen molar-refractivity contribution in [1.29, 1.82) is 0 Å². The zero-order valence-corrected chi connectivity index (χ0v) is 12.2. The number of ether oxygens (including phenoxy) is 1. The van der Waals surface area contributed by atoms with Crippen LogP contribution >= 0.6 is 11.8 Å². The number of hydrogen-bond acceptors (Lipinski definition) is 4. The Hall–Kier alpha value is -0.870. The van der Waals surface area contributed by atoms with Gasteiger partial charge in [-0.3, -0.25) is 0 Å². The first-order chi connectivity index (χ1) is 8.67. The van der Waals surface area contributed by atoms with Gasteiger partial charge < -0.3 is 15.2 Å². The molecule has 1 atom stereocenters. The van der Waals surface area contributed by atoms with Crippen LogP contribution in [0.2, 0.25) is 0 Å². The van der Waals surface area contributed by atoms with Gasteiger partial charge in [0.2, 0.25) is 0 Å². The van der Waals surface area contributed by atoms with Crippen molar-refractivity contribution >= 4 is 11.8 Å². The lowest BCUT2D eigenvalue weighted by Gasteiger charge is -2.14. The fraction of sp³-hybridized carbons (Fsp3) is 0.571. The van der Waals surface area contributed by atoms with Crippen molar-refractivity contribution in [3.05, 3.63) is 23.8 Å². The molecule has 0 spiro atoms. The van der Waals surface area contributed by atoms with Gasteiger partial charge in [0, 0.05) is 18.2 Å². The van der Waals surface area contributed by atoms with E-state index in [1.54, 1.807) is 19.2 Å². The molecule has 102 valence electrons. The molecular weight excluding hydrogens is 246 g/mol. The van der Waals surface area contributed by atoms with Crippen molar-refractivity contribution in [3.8, 4) is 11.5 Å². The second kappa shape index (κ2) is 8.27. The second-order valence-electron chi connectivity index (χ2n) is 4.26. The molecule has 0 heterocycles. The number of phenols is 1. The Morgan fingerprint density at radius 3 is 2.89 bits per heavy atom. The van der Waals surface area contributed by atoms with E-state index in [9.17, 15) is 5.11 Å².